The van der Waals surface area contributed by atoms with E-state index in [1.54, 1.807) is 0 Å². The van der Waals surface area contributed by atoms with Gasteiger partial charge in [-0.1, -0.05) is 12.8 Å². The van der Waals surface area contributed by atoms with Crippen LogP contribution in [-0.4, -0.2) is 26.6 Å². The summed E-state index contributed by atoms with van der Waals surface area (Å²) in [5, 5.41) is 13.6. The van der Waals surface area contributed by atoms with E-state index < -0.39 is 5.97 Å². The Balaban J connectivity index is 1.46. The largest absolute Gasteiger partial charge is 0.481 e. The monoisotopic (exact) mass is 294 g/mol. The Morgan fingerprint density at radius 3 is 2.85 bits per heavy atom. The van der Waals surface area contributed by atoms with Crippen molar-refractivity contribution in [2.75, 3.05) is 5.75 Å². The van der Waals surface area contributed by atoms with Gasteiger partial charge >= 0.3 is 5.97 Å². The van der Waals surface area contributed by atoms with E-state index in [2.05, 4.69) is 22.0 Å². The molecule has 1 N–H and O–H groups in total. The van der Waals surface area contributed by atoms with Gasteiger partial charge in [0.15, 0.2) is 0 Å². The van der Waals surface area contributed by atoms with Crippen LogP contribution in [0, 0.1) is 5.41 Å². The number of hydrogen-bond donors (Lipinski definition) is 1. The maximum atomic E-state index is 10.8. The highest BCUT2D eigenvalue weighted by molar-refractivity contribution is 7.98. The van der Waals surface area contributed by atoms with Crippen molar-refractivity contribution in [1.82, 2.24) is 9.78 Å². The smallest absolute Gasteiger partial charge is 0.303 e. The Kier molecular flexibility index (Phi) is 4.06. The van der Waals surface area contributed by atoms with Crippen molar-refractivity contribution in [3.8, 4) is 0 Å². The number of rotatable bonds is 7. The molecule has 0 saturated heterocycles. The van der Waals surface area contributed by atoms with Crippen molar-refractivity contribution in [1.29, 1.82) is 0 Å². The Hall–Kier alpha value is -0.970. The van der Waals surface area contributed by atoms with Crippen LogP contribution in [0.15, 0.2) is 12.3 Å². The maximum Gasteiger partial charge on any atom is 0.303 e. The fraction of sp³-hybridized carbons (Fsp3) is 0.733. The molecule has 0 bridgehead atoms. The first kappa shape index (κ1) is 14.0. The van der Waals surface area contributed by atoms with E-state index in [9.17, 15) is 4.79 Å². The summed E-state index contributed by atoms with van der Waals surface area (Å²) in [6, 6.07) is 2.72. The molecule has 20 heavy (non-hydrogen) atoms. The molecule has 110 valence electrons. The molecule has 4 nitrogen and oxygen atoms in total. The van der Waals surface area contributed by atoms with Gasteiger partial charge in [0.1, 0.15) is 0 Å². The van der Waals surface area contributed by atoms with Gasteiger partial charge in [-0.05, 0) is 42.9 Å². The van der Waals surface area contributed by atoms with E-state index in [1.165, 1.54) is 25.7 Å². The number of hydrogen-bond acceptors (Lipinski definition) is 3. The molecule has 0 amide bonds. The summed E-state index contributed by atoms with van der Waals surface area (Å²) >= 11 is 1.83. The van der Waals surface area contributed by atoms with Crippen LogP contribution in [0.25, 0.3) is 0 Å². The molecule has 0 unspecified atom stereocenters. The minimum absolute atomic E-state index is 0.0878. The molecule has 2 aliphatic rings. The van der Waals surface area contributed by atoms with Crippen molar-refractivity contribution in [2.24, 2.45) is 5.41 Å². The van der Waals surface area contributed by atoms with Crippen molar-refractivity contribution in [3.05, 3.63) is 18.0 Å². The first-order valence-electron chi connectivity index (χ1n) is 7.50. The third kappa shape index (κ3) is 3.37. The predicted molar refractivity (Wildman–Crippen MR) is 79.8 cm³/mol. The van der Waals surface area contributed by atoms with Gasteiger partial charge < -0.3 is 5.11 Å². The molecule has 0 radical (unpaired) electrons. The zero-order valence-electron chi connectivity index (χ0n) is 11.8. The molecule has 1 aromatic rings. The summed E-state index contributed by atoms with van der Waals surface area (Å²) in [6.07, 6.45) is 9.75. The average Bonchev–Trinajstić information content (AvgIpc) is 2.86. The molecule has 1 aromatic heterocycles. The second-order valence-corrected chi connectivity index (χ2v) is 7.27. The number of aromatic nitrogens is 2. The lowest BCUT2D eigenvalue weighted by Crippen LogP contribution is -2.11. The Labute approximate surface area is 123 Å². The van der Waals surface area contributed by atoms with E-state index >= 15 is 0 Å². The summed E-state index contributed by atoms with van der Waals surface area (Å²) in [5.74, 6) is 1.20. The van der Waals surface area contributed by atoms with Crippen LogP contribution in [-0.2, 0) is 10.5 Å². The summed E-state index contributed by atoms with van der Waals surface area (Å²) < 4.78 is 2.13. The molecular weight excluding hydrogens is 272 g/mol. The second kappa shape index (κ2) is 5.80. The summed E-state index contributed by atoms with van der Waals surface area (Å²) in [6.45, 7) is 0. The molecule has 0 aliphatic heterocycles. The van der Waals surface area contributed by atoms with Crippen LogP contribution >= 0.6 is 11.8 Å². The lowest BCUT2D eigenvalue weighted by Gasteiger charge is -2.11. The molecule has 5 heteroatoms. The van der Waals surface area contributed by atoms with Crippen LogP contribution in [0.1, 0.15) is 56.7 Å². The van der Waals surface area contributed by atoms with Gasteiger partial charge in [0.25, 0.3) is 0 Å². The third-order valence-electron chi connectivity index (χ3n) is 4.50. The number of carboxylic acid groups (broad SMARTS) is 1. The quantitative estimate of drug-likeness (QED) is 0.836. The minimum Gasteiger partial charge on any atom is -0.481 e. The first-order valence-corrected chi connectivity index (χ1v) is 8.66. The van der Waals surface area contributed by atoms with Crippen LogP contribution in [0.2, 0.25) is 0 Å². The maximum absolute atomic E-state index is 10.8. The van der Waals surface area contributed by atoms with E-state index in [-0.39, 0.29) is 5.41 Å². The average molecular weight is 294 g/mol. The van der Waals surface area contributed by atoms with Gasteiger partial charge in [-0.3, -0.25) is 9.48 Å². The Bertz CT molecular complexity index is 476. The zero-order chi connectivity index (χ0) is 14.0. The molecule has 2 fully saturated rings. The molecule has 0 atom stereocenters. The predicted octanol–water partition coefficient (Wildman–Crippen LogP) is 3.49. The Morgan fingerprint density at radius 2 is 2.20 bits per heavy atom. The lowest BCUT2D eigenvalue weighted by atomic mass is 10.1. The second-order valence-electron chi connectivity index (χ2n) is 6.29. The normalized spacial score (nSPS) is 21.2. The third-order valence-corrected chi connectivity index (χ3v) is 5.82. The van der Waals surface area contributed by atoms with Crippen molar-refractivity contribution < 1.29 is 9.90 Å². The molecule has 2 saturated carbocycles. The van der Waals surface area contributed by atoms with Gasteiger partial charge in [-0.2, -0.15) is 16.9 Å². The lowest BCUT2D eigenvalue weighted by molar-refractivity contribution is -0.138. The molecule has 0 aromatic carbocycles. The molecule has 2 aliphatic carbocycles. The van der Waals surface area contributed by atoms with E-state index in [0.717, 1.165) is 30.0 Å². The zero-order valence-corrected chi connectivity index (χ0v) is 12.6. The highest BCUT2D eigenvalue weighted by Crippen LogP contribution is 2.51. The van der Waals surface area contributed by atoms with Crippen LogP contribution < -0.4 is 0 Å². The minimum atomic E-state index is -0.659. The molecule has 3 rings (SSSR count). The Morgan fingerprint density at radius 1 is 1.45 bits per heavy atom. The van der Waals surface area contributed by atoms with Crippen molar-refractivity contribution in [3.63, 3.8) is 0 Å². The van der Waals surface area contributed by atoms with Crippen molar-refractivity contribution in [2.45, 2.75) is 56.7 Å². The summed E-state index contributed by atoms with van der Waals surface area (Å²) in [5.41, 5.74) is 1.22. The molecular formula is C15H22N2O2S. The number of aliphatic carboxylic acids is 1. The van der Waals surface area contributed by atoms with E-state index in [0.29, 0.717) is 12.5 Å². The number of thioether (sulfide) groups is 1. The van der Waals surface area contributed by atoms with Crippen LogP contribution in [0.4, 0.5) is 0 Å². The topological polar surface area (TPSA) is 55.1 Å². The van der Waals surface area contributed by atoms with E-state index in [1.807, 2.05) is 11.8 Å². The standard InChI is InChI=1S/C15H22N2O2S/c18-14(19)9-15(6-7-15)11-20-10-12-5-8-17(16-12)13-3-1-2-4-13/h5,8,13H,1-4,6-7,9-11H2,(H,18,19). The summed E-state index contributed by atoms with van der Waals surface area (Å²) in [7, 11) is 0. The SMILES string of the molecule is O=C(O)CC1(CSCc2ccn(C3CCCC3)n2)CC1. The highest BCUT2D eigenvalue weighted by atomic mass is 32.2. The fourth-order valence-corrected chi connectivity index (χ4v) is 4.36. The number of nitrogens with zero attached hydrogens (tertiary/aromatic N) is 2. The molecule has 0 spiro atoms. The van der Waals surface area contributed by atoms with Crippen LogP contribution in [0.3, 0.4) is 0 Å². The number of carbonyl (C=O) groups is 1. The van der Waals surface area contributed by atoms with Crippen LogP contribution in [0.5, 0.6) is 0 Å². The van der Waals surface area contributed by atoms with Gasteiger partial charge in [-0.25, -0.2) is 0 Å². The number of carboxylic acids is 1. The summed E-state index contributed by atoms with van der Waals surface area (Å²) in [4.78, 5) is 10.8. The van der Waals surface area contributed by atoms with Crippen molar-refractivity contribution >= 4 is 17.7 Å². The van der Waals surface area contributed by atoms with Gasteiger partial charge in [0.05, 0.1) is 18.2 Å². The van der Waals surface area contributed by atoms with E-state index in [4.69, 9.17) is 5.11 Å². The highest BCUT2D eigenvalue weighted by Gasteiger charge is 2.44. The van der Waals surface area contributed by atoms with Gasteiger partial charge in [-0.15, -0.1) is 0 Å². The first-order chi connectivity index (χ1) is 9.67. The fourth-order valence-electron chi connectivity index (χ4n) is 3.07. The van der Waals surface area contributed by atoms with Gasteiger partial charge in [0, 0.05) is 11.9 Å². The van der Waals surface area contributed by atoms with Gasteiger partial charge in [0.2, 0.25) is 0 Å². The molecule has 1 heterocycles.